The molecule has 0 atom stereocenters. The predicted octanol–water partition coefficient (Wildman–Crippen LogP) is 2.99. The van der Waals surface area contributed by atoms with Crippen LogP contribution in [0, 0.1) is 0 Å². The van der Waals surface area contributed by atoms with Gasteiger partial charge in [0.05, 0.1) is 0 Å². The van der Waals surface area contributed by atoms with E-state index in [1.165, 1.54) is 12.8 Å². The van der Waals surface area contributed by atoms with Crippen molar-refractivity contribution < 1.29 is 0 Å². The van der Waals surface area contributed by atoms with Crippen molar-refractivity contribution in [3.63, 3.8) is 0 Å². The molecule has 0 unspecified atom stereocenters. The summed E-state index contributed by atoms with van der Waals surface area (Å²) < 4.78 is 0. The van der Waals surface area contributed by atoms with Crippen LogP contribution in [0.15, 0.2) is 24.3 Å². The van der Waals surface area contributed by atoms with Crippen molar-refractivity contribution in [3.8, 4) is 0 Å². The average molecular weight is 263 g/mol. The maximum atomic E-state index is 5.92. The van der Waals surface area contributed by atoms with E-state index in [1.54, 1.807) is 0 Å². The Morgan fingerprint density at radius 2 is 2.28 bits per heavy atom. The fourth-order valence-corrected chi connectivity index (χ4v) is 2.06. The van der Waals surface area contributed by atoms with Gasteiger partial charge in [0.25, 0.3) is 0 Å². The summed E-state index contributed by atoms with van der Waals surface area (Å²) in [5, 5.41) is 11.3. The Bertz CT molecular complexity index is 533. The SMILES string of the molecule is Clc1cccc(NCCc2nc(C3CC3)n[nH]2)c1. The lowest BCUT2D eigenvalue weighted by molar-refractivity contribution is 0.901. The number of anilines is 1. The van der Waals surface area contributed by atoms with Crippen LogP contribution < -0.4 is 5.32 Å². The molecule has 1 aliphatic rings. The zero-order valence-electron chi connectivity index (χ0n) is 9.99. The van der Waals surface area contributed by atoms with Crippen molar-refractivity contribution in [2.75, 3.05) is 11.9 Å². The van der Waals surface area contributed by atoms with Crippen molar-refractivity contribution >= 4 is 17.3 Å². The molecule has 1 fully saturated rings. The van der Waals surface area contributed by atoms with Gasteiger partial charge in [0, 0.05) is 29.6 Å². The van der Waals surface area contributed by atoms with Gasteiger partial charge in [-0.2, -0.15) is 5.10 Å². The van der Waals surface area contributed by atoms with E-state index in [-0.39, 0.29) is 0 Å². The standard InChI is InChI=1S/C13H15ClN4/c14-10-2-1-3-11(8-10)15-7-6-12-16-13(18-17-12)9-4-5-9/h1-3,8-9,15H,4-7H2,(H,16,17,18). The smallest absolute Gasteiger partial charge is 0.153 e. The Hall–Kier alpha value is -1.55. The van der Waals surface area contributed by atoms with E-state index in [2.05, 4.69) is 20.5 Å². The van der Waals surface area contributed by atoms with E-state index in [0.29, 0.717) is 5.92 Å². The highest BCUT2D eigenvalue weighted by atomic mass is 35.5. The first-order valence-corrected chi connectivity index (χ1v) is 6.60. The Labute approximate surface area is 111 Å². The summed E-state index contributed by atoms with van der Waals surface area (Å²) in [4.78, 5) is 4.49. The van der Waals surface area contributed by atoms with E-state index in [1.807, 2.05) is 24.3 Å². The van der Waals surface area contributed by atoms with Crippen LogP contribution in [0.5, 0.6) is 0 Å². The van der Waals surface area contributed by atoms with Gasteiger partial charge in [-0.3, -0.25) is 5.10 Å². The highest BCUT2D eigenvalue weighted by Gasteiger charge is 2.27. The van der Waals surface area contributed by atoms with Crippen LogP contribution >= 0.6 is 11.6 Å². The summed E-state index contributed by atoms with van der Waals surface area (Å²) in [7, 11) is 0. The van der Waals surface area contributed by atoms with E-state index < -0.39 is 0 Å². The molecule has 4 nitrogen and oxygen atoms in total. The molecule has 0 spiro atoms. The van der Waals surface area contributed by atoms with Crippen molar-refractivity contribution in [2.45, 2.75) is 25.2 Å². The van der Waals surface area contributed by atoms with E-state index in [4.69, 9.17) is 11.6 Å². The Morgan fingerprint density at radius 1 is 1.39 bits per heavy atom. The number of nitrogens with zero attached hydrogens (tertiary/aromatic N) is 2. The zero-order chi connectivity index (χ0) is 12.4. The lowest BCUT2D eigenvalue weighted by Crippen LogP contribution is -2.05. The maximum absolute atomic E-state index is 5.92. The van der Waals surface area contributed by atoms with Crippen molar-refractivity contribution in [1.82, 2.24) is 15.2 Å². The van der Waals surface area contributed by atoms with E-state index in [9.17, 15) is 0 Å². The van der Waals surface area contributed by atoms with Gasteiger partial charge in [-0.05, 0) is 31.0 Å². The molecule has 0 saturated heterocycles. The molecule has 1 aliphatic carbocycles. The first-order chi connectivity index (χ1) is 8.81. The molecule has 1 aromatic heterocycles. The normalized spacial score (nSPS) is 14.7. The van der Waals surface area contributed by atoms with Gasteiger partial charge < -0.3 is 5.32 Å². The second kappa shape index (κ2) is 4.98. The summed E-state index contributed by atoms with van der Waals surface area (Å²) in [5.74, 6) is 2.54. The number of halogens is 1. The average Bonchev–Trinajstić information content (AvgIpc) is 3.10. The minimum atomic E-state index is 0.607. The molecule has 0 amide bonds. The van der Waals surface area contributed by atoms with Gasteiger partial charge in [0.1, 0.15) is 5.82 Å². The topological polar surface area (TPSA) is 53.6 Å². The molecule has 3 rings (SSSR count). The molecule has 2 N–H and O–H groups in total. The summed E-state index contributed by atoms with van der Waals surface area (Å²) in [6.45, 7) is 0.819. The Morgan fingerprint density at radius 3 is 3.06 bits per heavy atom. The second-order valence-corrected chi connectivity index (χ2v) is 5.04. The number of hydrogen-bond donors (Lipinski definition) is 2. The number of H-pyrrole nitrogens is 1. The summed E-state index contributed by atoms with van der Waals surface area (Å²) >= 11 is 5.92. The number of benzene rings is 1. The van der Waals surface area contributed by atoms with Crippen molar-refractivity contribution in [1.29, 1.82) is 0 Å². The molecule has 1 heterocycles. The predicted molar refractivity (Wildman–Crippen MR) is 72.0 cm³/mol. The summed E-state index contributed by atoms with van der Waals surface area (Å²) in [6, 6.07) is 7.72. The Kier molecular flexibility index (Phi) is 3.19. The minimum absolute atomic E-state index is 0.607. The number of rotatable bonds is 5. The minimum Gasteiger partial charge on any atom is -0.385 e. The highest BCUT2D eigenvalue weighted by molar-refractivity contribution is 6.30. The number of nitrogens with one attached hydrogen (secondary N) is 2. The number of aromatic amines is 1. The molecular weight excluding hydrogens is 248 g/mol. The first-order valence-electron chi connectivity index (χ1n) is 6.22. The van der Waals surface area contributed by atoms with E-state index in [0.717, 1.165) is 35.3 Å². The summed E-state index contributed by atoms with van der Waals surface area (Å²) in [5.41, 5.74) is 1.03. The molecule has 18 heavy (non-hydrogen) atoms. The molecule has 2 aromatic rings. The molecule has 94 valence electrons. The van der Waals surface area contributed by atoms with Crippen LogP contribution in [0.1, 0.15) is 30.4 Å². The van der Waals surface area contributed by atoms with Crippen LogP contribution in [-0.4, -0.2) is 21.7 Å². The van der Waals surface area contributed by atoms with Gasteiger partial charge in [0.2, 0.25) is 0 Å². The van der Waals surface area contributed by atoms with Crippen molar-refractivity contribution in [3.05, 3.63) is 40.9 Å². The lowest BCUT2D eigenvalue weighted by Gasteiger charge is -2.04. The third-order valence-electron chi connectivity index (χ3n) is 3.01. The van der Waals surface area contributed by atoms with Gasteiger partial charge >= 0.3 is 0 Å². The molecule has 0 bridgehead atoms. The molecule has 0 aliphatic heterocycles. The van der Waals surface area contributed by atoms with Gasteiger partial charge in [-0.25, -0.2) is 4.98 Å². The van der Waals surface area contributed by atoms with Crippen LogP contribution in [0.2, 0.25) is 5.02 Å². The third-order valence-corrected chi connectivity index (χ3v) is 3.24. The second-order valence-electron chi connectivity index (χ2n) is 4.60. The monoisotopic (exact) mass is 262 g/mol. The van der Waals surface area contributed by atoms with Crippen LogP contribution in [0.3, 0.4) is 0 Å². The van der Waals surface area contributed by atoms with Gasteiger partial charge in [-0.15, -0.1) is 0 Å². The number of aromatic nitrogens is 3. The third kappa shape index (κ3) is 2.82. The van der Waals surface area contributed by atoms with Gasteiger partial charge in [0.15, 0.2) is 5.82 Å². The molecular formula is C13H15ClN4. The number of hydrogen-bond acceptors (Lipinski definition) is 3. The Balaban J connectivity index is 1.51. The van der Waals surface area contributed by atoms with Gasteiger partial charge in [-0.1, -0.05) is 17.7 Å². The fourth-order valence-electron chi connectivity index (χ4n) is 1.87. The van der Waals surface area contributed by atoms with Crippen LogP contribution in [-0.2, 0) is 6.42 Å². The zero-order valence-corrected chi connectivity index (χ0v) is 10.7. The molecule has 5 heteroatoms. The molecule has 1 aromatic carbocycles. The fraction of sp³-hybridized carbons (Fsp3) is 0.385. The summed E-state index contributed by atoms with van der Waals surface area (Å²) in [6.07, 6.45) is 3.31. The maximum Gasteiger partial charge on any atom is 0.153 e. The quantitative estimate of drug-likeness (QED) is 0.871. The van der Waals surface area contributed by atoms with Crippen molar-refractivity contribution in [2.24, 2.45) is 0 Å². The van der Waals surface area contributed by atoms with E-state index >= 15 is 0 Å². The lowest BCUT2D eigenvalue weighted by atomic mass is 10.3. The highest BCUT2D eigenvalue weighted by Crippen LogP contribution is 2.37. The van der Waals surface area contributed by atoms with Crippen LogP contribution in [0.4, 0.5) is 5.69 Å². The largest absolute Gasteiger partial charge is 0.385 e. The molecule has 0 radical (unpaired) electrons. The first kappa shape index (κ1) is 11.5. The molecule has 1 saturated carbocycles. The van der Waals surface area contributed by atoms with Crippen LogP contribution in [0.25, 0.3) is 0 Å².